The van der Waals surface area contributed by atoms with Gasteiger partial charge in [0.05, 0.1) is 12.6 Å². The van der Waals surface area contributed by atoms with Crippen molar-refractivity contribution in [2.45, 2.75) is 25.8 Å². The van der Waals surface area contributed by atoms with Crippen LogP contribution in [0.15, 0.2) is 35.3 Å². The number of rotatable bonds is 10. The number of carbonyl (C=O) groups is 1. The van der Waals surface area contributed by atoms with Gasteiger partial charge in [0.25, 0.3) is 0 Å². The summed E-state index contributed by atoms with van der Waals surface area (Å²) < 4.78 is 4.93. The van der Waals surface area contributed by atoms with E-state index in [2.05, 4.69) is 50.1 Å². The first-order chi connectivity index (χ1) is 13.2. The van der Waals surface area contributed by atoms with E-state index in [0.717, 1.165) is 26.2 Å². The van der Waals surface area contributed by atoms with E-state index in [9.17, 15) is 4.79 Å². The average molecular weight is 376 g/mol. The van der Waals surface area contributed by atoms with Crippen LogP contribution in [0.25, 0.3) is 0 Å². The predicted octanol–water partition coefficient (Wildman–Crippen LogP) is 1.14. The molecule has 1 heterocycles. The lowest BCUT2D eigenvalue weighted by atomic mass is 10.1. The lowest BCUT2D eigenvalue weighted by molar-refractivity contribution is -0.119. The fourth-order valence-corrected chi connectivity index (χ4v) is 3.22. The second-order valence-corrected chi connectivity index (χ2v) is 6.59. The number of nitrogens with zero attached hydrogens (tertiary/aromatic N) is 2. The van der Waals surface area contributed by atoms with Crippen molar-refractivity contribution in [3.05, 3.63) is 35.9 Å². The molecule has 0 spiro atoms. The van der Waals surface area contributed by atoms with Crippen LogP contribution >= 0.6 is 0 Å². The predicted molar refractivity (Wildman–Crippen MR) is 109 cm³/mol. The molecule has 0 aromatic heterocycles. The summed E-state index contributed by atoms with van der Waals surface area (Å²) in [6.07, 6.45) is 2.50. The van der Waals surface area contributed by atoms with E-state index in [-0.39, 0.29) is 12.5 Å². The summed E-state index contributed by atoms with van der Waals surface area (Å²) in [7, 11) is 1.61. The normalized spacial score (nSPS) is 16.1. The largest absolute Gasteiger partial charge is 0.383 e. The molecule has 1 atom stereocenters. The number of hydrogen-bond acceptors (Lipinski definition) is 4. The molecule has 7 heteroatoms. The summed E-state index contributed by atoms with van der Waals surface area (Å²) >= 11 is 0. The van der Waals surface area contributed by atoms with Gasteiger partial charge in [0.1, 0.15) is 6.54 Å². The van der Waals surface area contributed by atoms with Crippen LogP contribution in [0.1, 0.15) is 31.4 Å². The fraction of sp³-hybridized carbons (Fsp3) is 0.600. The molecule has 1 fully saturated rings. The Balaban J connectivity index is 1.94. The molecule has 1 saturated heterocycles. The second kappa shape index (κ2) is 12.3. The molecule has 1 aliphatic heterocycles. The molecule has 2 rings (SSSR count). The third-order valence-electron chi connectivity index (χ3n) is 4.58. The number of ether oxygens (including phenoxy) is 1. The Morgan fingerprint density at radius 3 is 2.59 bits per heavy atom. The average Bonchev–Trinajstić information content (AvgIpc) is 3.22. The van der Waals surface area contributed by atoms with Crippen molar-refractivity contribution >= 4 is 11.9 Å². The minimum absolute atomic E-state index is 0.0960. The Hall–Kier alpha value is -2.12. The molecular weight excluding hydrogens is 342 g/mol. The van der Waals surface area contributed by atoms with E-state index in [1.165, 1.54) is 18.4 Å². The lowest BCUT2D eigenvalue weighted by Crippen LogP contribution is -2.43. The number of benzene rings is 1. The number of hydrogen-bond donors (Lipinski definition) is 3. The Kier molecular flexibility index (Phi) is 9.65. The second-order valence-electron chi connectivity index (χ2n) is 6.59. The Labute approximate surface area is 162 Å². The van der Waals surface area contributed by atoms with Gasteiger partial charge < -0.3 is 20.7 Å². The van der Waals surface area contributed by atoms with Gasteiger partial charge in [0, 0.05) is 26.7 Å². The number of amides is 1. The highest BCUT2D eigenvalue weighted by Crippen LogP contribution is 2.24. The van der Waals surface area contributed by atoms with Crippen LogP contribution in [0.5, 0.6) is 0 Å². The van der Waals surface area contributed by atoms with Crippen molar-refractivity contribution in [1.82, 2.24) is 20.9 Å². The highest BCUT2D eigenvalue weighted by atomic mass is 16.5. The maximum absolute atomic E-state index is 11.9. The molecule has 1 unspecified atom stereocenters. The van der Waals surface area contributed by atoms with Crippen LogP contribution in [0.2, 0.25) is 0 Å². The molecule has 0 radical (unpaired) electrons. The molecule has 1 aromatic carbocycles. The highest BCUT2D eigenvalue weighted by molar-refractivity contribution is 5.84. The smallest absolute Gasteiger partial charge is 0.241 e. The molecule has 3 N–H and O–H groups in total. The zero-order valence-electron chi connectivity index (χ0n) is 16.5. The first-order valence-electron chi connectivity index (χ1n) is 9.81. The molecule has 1 aromatic rings. The Bertz CT molecular complexity index is 573. The van der Waals surface area contributed by atoms with Crippen molar-refractivity contribution in [3.8, 4) is 0 Å². The molecule has 7 nitrogen and oxygen atoms in total. The number of carbonyl (C=O) groups excluding carboxylic acids is 1. The Morgan fingerprint density at radius 2 is 1.93 bits per heavy atom. The molecule has 1 amide bonds. The quantitative estimate of drug-likeness (QED) is 0.325. The van der Waals surface area contributed by atoms with Gasteiger partial charge in [-0.1, -0.05) is 30.3 Å². The van der Waals surface area contributed by atoms with Crippen molar-refractivity contribution in [3.63, 3.8) is 0 Å². The van der Waals surface area contributed by atoms with Crippen LogP contribution in [0, 0.1) is 0 Å². The topological polar surface area (TPSA) is 78.0 Å². The number of nitrogens with one attached hydrogen (secondary N) is 3. The number of methoxy groups -OCH3 is 1. The van der Waals surface area contributed by atoms with Gasteiger partial charge in [-0.05, 0) is 38.4 Å². The summed E-state index contributed by atoms with van der Waals surface area (Å²) in [4.78, 5) is 18.8. The van der Waals surface area contributed by atoms with Gasteiger partial charge in [-0.3, -0.25) is 9.69 Å². The summed E-state index contributed by atoms with van der Waals surface area (Å²) in [5, 5.41) is 9.41. The molecule has 0 aliphatic carbocycles. The molecule has 150 valence electrons. The minimum atomic E-state index is -0.108. The summed E-state index contributed by atoms with van der Waals surface area (Å²) in [5.41, 5.74) is 1.31. The third kappa shape index (κ3) is 7.56. The zero-order valence-corrected chi connectivity index (χ0v) is 16.5. The molecular formula is C20H33N5O2. The fourth-order valence-electron chi connectivity index (χ4n) is 3.22. The summed E-state index contributed by atoms with van der Waals surface area (Å²) in [5.74, 6) is 0.558. The van der Waals surface area contributed by atoms with E-state index in [4.69, 9.17) is 4.74 Å². The van der Waals surface area contributed by atoms with Crippen molar-refractivity contribution in [2.24, 2.45) is 4.99 Å². The van der Waals surface area contributed by atoms with Crippen molar-refractivity contribution in [2.75, 3.05) is 53.0 Å². The van der Waals surface area contributed by atoms with Gasteiger partial charge >= 0.3 is 0 Å². The maximum Gasteiger partial charge on any atom is 0.241 e. The van der Waals surface area contributed by atoms with Gasteiger partial charge in [0.2, 0.25) is 5.91 Å². The lowest BCUT2D eigenvalue weighted by Gasteiger charge is -2.29. The first-order valence-corrected chi connectivity index (χ1v) is 9.81. The van der Waals surface area contributed by atoms with E-state index in [1.807, 2.05) is 13.0 Å². The van der Waals surface area contributed by atoms with Crippen LogP contribution < -0.4 is 16.0 Å². The van der Waals surface area contributed by atoms with Crippen LogP contribution in [0.3, 0.4) is 0 Å². The summed E-state index contributed by atoms with van der Waals surface area (Å²) in [6.45, 7) is 6.86. The monoisotopic (exact) mass is 375 g/mol. The third-order valence-corrected chi connectivity index (χ3v) is 4.58. The van der Waals surface area contributed by atoms with Crippen molar-refractivity contribution < 1.29 is 9.53 Å². The van der Waals surface area contributed by atoms with Crippen LogP contribution in [0.4, 0.5) is 0 Å². The van der Waals surface area contributed by atoms with Gasteiger partial charge in [0.15, 0.2) is 5.96 Å². The van der Waals surface area contributed by atoms with Gasteiger partial charge in [-0.15, -0.1) is 0 Å². The number of guanidine groups is 1. The van der Waals surface area contributed by atoms with Crippen LogP contribution in [-0.4, -0.2) is 69.8 Å². The standard InChI is InChI=1S/C20H33N5O2/c1-3-21-20(24-16-19(26)22-11-14-27-2)23-15-18(25-12-7-8-13-25)17-9-5-4-6-10-17/h4-6,9-10,18H,3,7-8,11-16H2,1-2H3,(H,22,26)(H2,21,23,24). The minimum Gasteiger partial charge on any atom is -0.383 e. The van der Waals surface area contributed by atoms with Gasteiger partial charge in [-0.25, -0.2) is 4.99 Å². The van der Waals surface area contributed by atoms with E-state index in [1.54, 1.807) is 7.11 Å². The van der Waals surface area contributed by atoms with E-state index >= 15 is 0 Å². The van der Waals surface area contributed by atoms with E-state index in [0.29, 0.717) is 25.2 Å². The number of likely N-dealkylation sites (tertiary alicyclic amines) is 1. The zero-order chi connectivity index (χ0) is 19.3. The van der Waals surface area contributed by atoms with E-state index < -0.39 is 0 Å². The van der Waals surface area contributed by atoms with Gasteiger partial charge in [-0.2, -0.15) is 0 Å². The number of aliphatic imine (C=N–C) groups is 1. The highest BCUT2D eigenvalue weighted by Gasteiger charge is 2.23. The maximum atomic E-state index is 11.9. The molecule has 0 saturated carbocycles. The first kappa shape index (κ1) is 21.2. The molecule has 0 bridgehead atoms. The Morgan fingerprint density at radius 1 is 1.19 bits per heavy atom. The molecule has 27 heavy (non-hydrogen) atoms. The summed E-state index contributed by atoms with van der Waals surface area (Å²) in [6, 6.07) is 10.9. The molecule has 1 aliphatic rings. The van der Waals surface area contributed by atoms with Crippen LogP contribution in [-0.2, 0) is 9.53 Å². The van der Waals surface area contributed by atoms with Crippen molar-refractivity contribution in [1.29, 1.82) is 0 Å². The SMILES string of the molecule is CCNC(=NCC(=O)NCCOC)NCC(c1ccccc1)N1CCCC1.